The van der Waals surface area contributed by atoms with Gasteiger partial charge in [0.25, 0.3) is 0 Å². The van der Waals surface area contributed by atoms with Gasteiger partial charge < -0.3 is 16.4 Å². The van der Waals surface area contributed by atoms with E-state index in [9.17, 15) is 4.79 Å². The van der Waals surface area contributed by atoms with E-state index in [0.29, 0.717) is 18.5 Å². The molecule has 94 valence electrons. The highest BCUT2D eigenvalue weighted by Crippen LogP contribution is 2.16. The number of hydrogen-bond acceptors (Lipinski definition) is 3. The molecule has 1 aliphatic carbocycles. The molecule has 0 atom stereocenters. The zero-order valence-electron chi connectivity index (χ0n) is 10.5. The zero-order chi connectivity index (χ0) is 12.0. The van der Waals surface area contributed by atoms with Gasteiger partial charge in [0.05, 0.1) is 0 Å². The monoisotopic (exact) mass is 227 g/mol. The average molecular weight is 227 g/mol. The number of rotatable bonds is 5. The van der Waals surface area contributed by atoms with Crippen molar-refractivity contribution in [2.24, 2.45) is 5.73 Å². The molecule has 4 heteroatoms. The first-order valence-electron chi connectivity index (χ1n) is 6.36. The van der Waals surface area contributed by atoms with Crippen LogP contribution in [0.15, 0.2) is 0 Å². The van der Waals surface area contributed by atoms with Crippen LogP contribution < -0.4 is 16.4 Å². The predicted octanol–water partition coefficient (Wildman–Crippen LogP) is 0.761. The van der Waals surface area contributed by atoms with E-state index in [1.807, 2.05) is 13.8 Å². The Balaban J connectivity index is 2.04. The van der Waals surface area contributed by atoms with Crippen molar-refractivity contribution in [1.29, 1.82) is 0 Å². The van der Waals surface area contributed by atoms with Crippen LogP contribution in [-0.2, 0) is 4.79 Å². The molecule has 0 aromatic carbocycles. The first-order chi connectivity index (χ1) is 7.58. The van der Waals surface area contributed by atoms with Gasteiger partial charge in [0, 0.05) is 31.1 Å². The Morgan fingerprint density at radius 2 is 1.94 bits per heavy atom. The lowest BCUT2D eigenvalue weighted by molar-refractivity contribution is -0.121. The zero-order valence-corrected chi connectivity index (χ0v) is 10.5. The number of carbonyl (C=O) groups excluding carboxylic acids is 1. The minimum atomic E-state index is 0.134. The maximum absolute atomic E-state index is 11.4. The van der Waals surface area contributed by atoms with Crippen molar-refractivity contribution in [3.63, 3.8) is 0 Å². The molecule has 0 aliphatic heterocycles. The number of nitrogens with one attached hydrogen (secondary N) is 2. The molecular formula is C12H25N3O. The molecular weight excluding hydrogens is 202 g/mol. The van der Waals surface area contributed by atoms with Gasteiger partial charge >= 0.3 is 0 Å². The van der Waals surface area contributed by atoms with Gasteiger partial charge in [-0.15, -0.1) is 0 Å². The molecule has 0 spiro atoms. The van der Waals surface area contributed by atoms with Crippen LogP contribution >= 0.6 is 0 Å². The number of amides is 1. The molecule has 0 bridgehead atoms. The third kappa shape index (κ3) is 5.47. The van der Waals surface area contributed by atoms with Gasteiger partial charge in [-0.05, 0) is 39.5 Å². The van der Waals surface area contributed by atoms with Gasteiger partial charge in [0.1, 0.15) is 0 Å². The number of hydrogen-bond donors (Lipinski definition) is 3. The summed E-state index contributed by atoms with van der Waals surface area (Å²) in [4.78, 5) is 11.4. The predicted molar refractivity (Wildman–Crippen MR) is 66.1 cm³/mol. The molecule has 1 fully saturated rings. The third-order valence-electron chi connectivity index (χ3n) is 3.01. The SMILES string of the molecule is CC(C)NC(=O)CCNC1CCC(N)CC1. The van der Waals surface area contributed by atoms with Gasteiger partial charge in [-0.3, -0.25) is 4.79 Å². The molecule has 0 saturated heterocycles. The lowest BCUT2D eigenvalue weighted by atomic mass is 9.92. The lowest BCUT2D eigenvalue weighted by Crippen LogP contribution is -2.39. The van der Waals surface area contributed by atoms with Crippen LogP contribution in [0, 0.1) is 0 Å². The second-order valence-electron chi connectivity index (χ2n) is 5.04. The van der Waals surface area contributed by atoms with Gasteiger partial charge in [-0.25, -0.2) is 0 Å². The van der Waals surface area contributed by atoms with Crippen molar-refractivity contribution in [2.75, 3.05) is 6.54 Å². The Hall–Kier alpha value is -0.610. The molecule has 1 saturated carbocycles. The van der Waals surface area contributed by atoms with Crippen molar-refractivity contribution in [1.82, 2.24) is 10.6 Å². The van der Waals surface area contributed by atoms with E-state index in [4.69, 9.17) is 5.73 Å². The summed E-state index contributed by atoms with van der Waals surface area (Å²) in [5.74, 6) is 0.134. The Labute approximate surface area is 98.3 Å². The third-order valence-corrected chi connectivity index (χ3v) is 3.01. The molecule has 4 nitrogen and oxygen atoms in total. The quantitative estimate of drug-likeness (QED) is 0.649. The number of carbonyl (C=O) groups is 1. The maximum Gasteiger partial charge on any atom is 0.221 e. The van der Waals surface area contributed by atoms with Gasteiger partial charge in [0.15, 0.2) is 0 Å². The first-order valence-corrected chi connectivity index (χ1v) is 6.36. The van der Waals surface area contributed by atoms with E-state index in [1.165, 1.54) is 0 Å². The molecule has 16 heavy (non-hydrogen) atoms. The molecule has 1 amide bonds. The lowest BCUT2D eigenvalue weighted by Gasteiger charge is -2.26. The van der Waals surface area contributed by atoms with Gasteiger partial charge in [0.2, 0.25) is 5.91 Å². The van der Waals surface area contributed by atoms with Crippen molar-refractivity contribution in [2.45, 2.75) is 64.1 Å². The van der Waals surface area contributed by atoms with E-state index < -0.39 is 0 Å². The fourth-order valence-electron chi connectivity index (χ4n) is 2.11. The molecule has 1 aliphatic rings. The van der Waals surface area contributed by atoms with Crippen LogP contribution in [0.1, 0.15) is 46.0 Å². The van der Waals surface area contributed by atoms with Crippen LogP contribution in [0.5, 0.6) is 0 Å². The van der Waals surface area contributed by atoms with Gasteiger partial charge in [-0.2, -0.15) is 0 Å². The highest BCUT2D eigenvalue weighted by atomic mass is 16.1. The summed E-state index contributed by atoms with van der Waals surface area (Å²) in [6, 6.07) is 1.19. The van der Waals surface area contributed by atoms with E-state index in [-0.39, 0.29) is 11.9 Å². The highest BCUT2D eigenvalue weighted by molar-refractivity contribution is 5.76. The minimum Gasteiger partial charge on any atom is -0.354 e. The normalized spacial score (nSPS) is 25.8. The molecule has 0 unspecified atom stereocenters. The molecule has 1 rings (SSSR count). The Bertz CT molecular complexity index is 210. The van der Waals surface area contributed by atoms with Crippen molar-refractivity contribution in [3.8, 4) is 0 Å². The van der Waals surface area contributed by atoms with E-state index in [2.05, 4.69) is 10.6 Å². The minimum absolute atomic E-state index is 0.134. The summed E-state index contributed by atoms with van der Waals surface area (Å²) in [6.45, 7) is 4.74. The summed E-state index contributed by atoms with van der Waals surface area (Å²) in [6.07, 6.45) is 5.08. The van der Waals surface area contributed by atoms with E-state index in [0.717, 1.165) is 32.2 Å². The van der Waals surface area contributed by atoms with Crippen LogP contribution in [0.25, 0.3) is 0 Å². The second-order valence-corrected chi connectivity index (χ2v) is 5.04. The number of nitrogens with two attached hydrogens (primary N) is 1. The Morgan fingerprint density at radius 1 is 1.31 bits per heavy atom. The summed E-state index contributed by atoms with van der Waals surface area (Å²) in [5, 5.41) is 6.32. The van der Waals surface area contributed by atoms with Crippen molar-refractivity contribution < 1.29 is 4.79 Å². The summed E-state index contributed by atoms with van der Waals surface area (Å²) in [7, 11) is 0. The first kappa shape index (κ1) is 13.5. The van der Waals surface area contributed by atoms with Crippen LogP contribution in [-0.4, -0.2) is 30.6 Å². The van der Waals surface area contributed by atoms with Crippen LogP contribution in [0.4, 0.5) is 0 Å². The second kappa shape index (κ2) is 6.86. The Kier molecular flexibility index (Phi) is 5.77. The van der Waals surface area contributed by atoms with Crippen molar-refractivity contribution >= 4 is 5.91 Å². The molecule has 0 radical (unpaired) electrons. The van der Waals surface area contributed by atoms with Crippen LogP contribution in [0.3, 0.4) is 0 Å². The molecule has 0 aromatic rings. The average Bonchev–Trinajstić information content (AvgIpc) is 2.20. The molecule has 0 heterocycles. The largest absolute Gasteiger partial charge is 0.354 e. The fourth-order valence-corrected chi connectivity index (χ4v) is 2.11. The standard InChI is InChI=1S/C12H25N3O/c1-9(2)15-12(16)7-8-14-11-5-3-10(13)4-6-11/h9-11,14H,3-8,13H2,1-2H3,(H,15,16). The highest BCUT2D eigenvalue weighted by Gasteiger charge is 2.17. The van der Waals surface area contributed by atoms with Crippen molar-refractivity contribution in [3.05, 3.63) is 0 Å². The topological polar surface area (TPSA) is 67.2 Å². The fraction of sp³-hybridized carbons (Fsp3) is 0.917. The van der Waals surface area contributed by atoms with E-state index >= 15 is 0 Å². The van der Waals surface area contributed by atoms with Gasteiger partial charge in [-0.1, -0.05) is 0 Å². The maximum atomic E-state index is 11.4. The van der Waals surface area contributed by atoms with Crippen LogP contribution in [0.2, 0.25) is 0 Å². The molecule has 4 N–H and O–H groups in total. The summed E-state index contributed by atoms with van der Waals surface area (Å²) in [5.41, 5.74) is 5.84. The smallest absolute Gasteiger partial charge is 0.221 e. The molecule has 0 aromatic heterocycles. The Morgan fingerprint density at radius 3 is 2.50 bits per heavy atom. The summed E-state index contributed by atoms with van der Waals surface area (Å²) >= 11 is 0. The summed E-state index contributed by atoms with van der Waals surface area (Å²) < 4.78 is 0. The van der Waals surface area contributed by atoms with E-state index in [1.54, 1.807) is 0 Å².